The van der Waals surface area contributed by atoms with Crippen LogP contribution in [0.3, 0.4) is 0 Å². The van der Waals surface area contributed by atoms with E-state index in [9.17, 15) is 0 Å². The maximum atomic E-state index is 7.08. The quantitative estimate of drug-likeness (QED) is 0.119. The summed E-state index contributed by atoms with van der Waals surface area (Å²) in [7, 11) is 0. The topological polar surface area (TPSA) is 79.9 Å². The highest BCUT2D eigenvalue weighted by molar-refractivity contribution is 6.21. The second kappa shape index (κ2) is 30.6. The van der Waals surface area contributed by atoms with Crippen LogP contribution in [0.25, 0.3) is 149 Å². The molecule has 0 spiro atoms. The van der Waals surface area contributed by atoms with Crippen molar-refractivity contribution in [3.8, 4) is 153 Å². The molecular weight excluding hydrogens is 1800 g/mol. The lowest BCUT2D eigenvalue weighted by atomic mass is 9.81. The highest BCUT2D eigenvalue weighted by Crippen LogP contribution is 2.66. The maximum Gasteiger partial charge on any atom is 0.176 e. The molecule has 0 N–H and O–H groups in total. The number of hydrogen-bond acceptors (Lipinski definition) is 9. The van der Waals surface area contributed by atoms with Crippen molar-refractivity contribution in [3.63, 3.8) is 0 Å². The van der Waals surface area contributed by atoms with Crippen molar-refractivity contribution in [3.05, 3.63) is 470 Å². The summed E-state index contributed by atoms with van der Waals surface area (Å²) in [6, 6.07) is 156. The molecule has 21 aromatic carbocycles. The van der Waals surface area contributed by atoms with Crippen molar-refractivity contribution in [2.45, 2.75) is 57.8 Å². The number of ether oxygens (including phenoxy) is 6. The Bertz CT molecular complexity index is 9860. The Balaban J connectivity index is 0.0000000999. The number of hydrogen-bond donors (Lipinski definition) is 0. The van der Waals surface area contributed by atoms with Gasteiger partial charge in [0.25, 0.3) is 0 Å². The van der Waals surface area contributed by atoms with E-state index >= 15 is 0 Å². The number of fused-ring (bicyclic) bond motifs is 12. The van der Waals surface area contributed by atoms with E-state index in [0.29, 0.717) is 0 Å². The van der Waals surface area contributed by atoms with Crippen molar-refractivity contribution in [2.24, 2.45) is 0 Å². The van der Waals surface area contributed by atoms with E-state index in [1.165, 1.54) is 89.0 Å². The number of rotatable bonds is 12. The third-order valence-corrected chi connectivity index (χ3v) is 32.3. The van der Waals surface area contributed by atoms with Crippen LogP contribution in [0.5, 0.6) is 69.0 Å². The number of nitrogens with zero attached hydrogens (tertiary/aromatic N) is 6. The zero-order chi connectivity index (χ0) is 97.3. The van der Waals surface area contributed by atoms with Crippen LogP contribution in [-0.2, 0) is 16.2 Å². The molecular formula is C135H90N6O6. The van der Waals surface area contributed by atoms with Gasteiger partial charge in [-0.05, 0) is 235 Å². The first kappa shape index (κ1) is 82.9. The van der Waals surface area contributed by atoms with Gasteiger partial charge < -0.3 is 43.1 Å². The van der Waals surface area contributed by atoms with E-state index in [0.717, 1.165) is 214 Å². The van der Waals surface area contributed by atoms with Crippen LogP contribution in [0, 0.1) is 0 Å². The summed E-state index contributed by atoms with van der Waals surface area (Å²) < 4.78 is 47.5. The third-order valence-electron chi connectivity index (χ3n) is 32.3. The second-order valence-electron chi connectivity index (χ2n) is 41.2. The lowest BCUT2D eigenvalue weighted by Gasteiger charge is -2.34. The van der Waals surface area contributed by atoms with Crippen molar-refractivity contribution in [1.82, 2.24) is 13.7 Å². The van der Waals surface area contributed by atoms with E-state index in [4.69, 9.17) is 28.4 Å². The normalized spacial score (nSPS) is 14.0. The summed E-state index contributed by atoms with van der Waals surface area (Å²) in [5, 5.41) is 6.89. The van der Waals surface area contributed by atoms with Crippen LogP contribution in [-0.4, -0.2) is 13.7 Å². The van der Waals surface area contributed by atoms with Gasteiger partial charge in [0, 0.05) is 76.8 Å². The SMILES string of the molecule is CC1(C)c2ccccc2-c2c(N(c3ccccc3-c3ccccc3)c3ccc4c5cccc6c5n5c4c3Oc3cccc(c3-5)O6)cccc21.CC1(C)c2ccccc2-c2ccc(N(c3ccc(-c4ccccc4)cc3)c3ccc4c5cccc6c5n5c4c3Oc3cccc(c3-5)O6)cc21.CC1(C)c2ccccc2-c2cccc(N(c3ccc(-c4ccccc4)cc3)c3ccc4c5cccc6c5n5c4c3Oc3cccc(c3-5)O6)c21. The highest BCUT2D eigenvalue weighted by atomic mass is 16.5. The fourth-order valence-electron chi connectivity index (χ4n) is 25.7. The van der Waals surface area contributed by atoms with Gasteiger partial charge >= 0.3 is 0 Å². The number of aromatic nitrogens is 3. The Morgan fingerprint density at radius 2 is 0.503 bits per heavy atom. The smallest absolute Gasteiger partial charge is 0.176 e. The minimum absolute atomic E-state index is 0.130. The molecule has 12 heteroatoms. The predicted molar refractivity (Wildman–Crippen MR) is 596 cm³/mol. The minimum Gasteiger partial charge on any atom is -0.453 e. The van der Waals surface area contributed by atoms with E-state index in [1.807, 2.05) is 48.5 Å². The molecule has 9 heterocycles. The molecule has 9 aliphatic rings. The summed E-state index contributed by atoms with van der Waals surface area (Å²) in [6.45, 7) is 14.1. The molecule has 3 aliphatic carbocycles. The minimum atomic E-state index is -0.212. The van der Waals surface area contributed by atoms with Crippen LogP contribution in [0.1, 0.15) is 74.9 Å². The van der Waals surface area contributed by atoms with Crippen LogP contribution in [0.15, 0.2) is 437 Å². The Labute approximate surface area is 848 Å². The lowest BCUT2D eigenvalue weighted by molar-refractivity contribution is 0.444. The Morgan fingerprint density at radius 1 is 0.184 bits per heavy atom. The van der Waals surface area contributed by atoms with Gasteiger partial charge in [-0.15, -0.1) is 0 Å². The zero-order valence-corrected chi connectivity index (χ0v) is 81.2. The molecule has 12 nitrogen and oxygen atoms in total. The standard InChI is InChI=1S/3C45H30N2O2/c1-45(2)32-18-8-6-16-31(32)40-33(45)19-11-21-35(40)46(34-20-9-7-15-28(34)27-13-4-3-5-14-27)36-26-25-30-29-17-10-22-37-41(29)47-42(30)44(36)49-39-24-12-23-38(48-37)43(39)47;1-45(2)34-16-7-6-13-30(34)31-14-8-17-35(40(31)45)46(29-23-21-28(22-24-29)27-11-4-3-5-12-27)36-26-25-33-32-15-9-18-37-41(32)47-42(33)44(36)49-39-20-10-19-38(48-37)43(39)47;1-45(2)35-14-7-6-12-31(35)32-23-22-30(26-36(32)45)46(29-20-18-28(19-21-29)27-10-4-3-5-11-27)37-25-24-34-33-13-8-15-38-41(33)47-42(34)44(37)49-40-17-9-16-39(48-38)43(40)47/h3*3-26H,1-2H3. The Kier molecular flexibility index (Phi) is 17.3. The molecule has 0 saturated heterocycles. The molecule has 0 bridgehead atoms. The Hall–Kier alpha value is -18.8. The molecule has 3 aromatic heterocycles. The van der Waals surface area contributed by atoms with Gasteiger partial charge in [0.1, 0.15) is 17.1 Å². The van der Waals surface area contributed by atoms with Crippen molar-refractivity contribution >= 4 is 117 Å². The highest BCUT2D eigenvalue weighted by Gasteiger charge is 2.46. The monoisotopic (exact) mass is 1890 g/mol. The molecule has 0 amide bonds. The van der Waals surface area contributed by atoms with Crippen LogP contribution in [0.2, 0.25) is 0 Å². The molecule has 0 radical (unpaired) electrons. The average molecular weight is 1890 g/mol. The largest absolute Gasteiger partial charge is 0.453 e. The van der Waals surface area contributed by atoms with Crippen molar-refractivity contribution in [1.29, 1.82) is 0 Å². The first-order valence-electron chi connectivity index (χ1n) is 50.6. The molecule has 0 saturated carbocycles. The Morgan fingerprint density at radius 3 is 1.00 bits per heavy atom. The van der Waals surface area contributed by atoms with Crippen LogP contribution < -0.4 is 43.1 Å². The summed E-state index contributed by atoms with van der Waals surface area (Å²) in [5.41, 5.74) is 41.1. The molecule has 147 heavy (non-hydrogen) atoms. The maximum absolute atomic E-state index is 7.08. The van der Waals surface area contributed by atoms with Crippen LogP contribution >= 0.6 is 0 Å². The molecule has 0 fully saturated rings. The first-order valence-corrected chi connectivity index (χ1v) is 50.6. The summed E-state index contributed by atoms with van der Waals surface area (Å²) >= 11 is 0. The van der Waals surface area contributed by atoms with Gasteiger partial charge in [-0.3, -0.25) is 13.7 Å². The molecule has 33 rings (SSSR count). The van der Waals surface area contributed by atoms with Gasteiger partial charge in [0.05, 0.1) is 67.2 Å². The van der Waals surface area contributed by atoms with Crippen molar-refractivity contribution < 1.29 is 28.4 Å². The van der Waals surface area contributed by atoms with Gasteiger partial charge in [0.2, 0.25) is 0 Å². The molecule has 696 valence electrons. The summed E-state index contributed by atoms with van der Waals surface area (Å²) in [5.74, 6) is 9.86. The van der Waals surface area contributed by atoms with E-state index in [1.54, 1.807) is 0 Å². The fraction of sp³-hybridized carbons (Fsp3) is 0.0667. The molecule has 0 unspecified atom stereocenters. The van der Waals surface area contributed by atoms with E-state index in [2.05, 4.69) is 458 Å². The van der Waals surface area contributed by atoms with Crippen LogP contribution in [0.4, 0.5) is 51.2 Å². The number of anilines is 9. The average Bonchev–Trinajstić information content (AvgIpc) is 1.54. The first-order chi connectivity index (χ1) is 72.2. The predicted octanol–water partition coefficient (Wildman–Crippen LogP) is 37.3. The van der Waals surface area contributed by atoms with Gasteiger partial charge in [-0.25, -0.2) is 0 Å². The lowest BCUT2D eigenvalue weighted by Crippen LogP contribution is -2.21. The molecule has 24 aromatic rings. The summed E-state index contributed by atoms with van der Waals surface area (Å²) in [6.07, 6.45) is 0. The van der Waals surface area contributed by atoms with Gasteiger partial charge in [0.15, 0.2) is 69.0 Å². The number of benzene rings is 21. The van der Waals surface area contributed by atoms with E-state index in [-0.39, 0.29) is 16.2 Å². The van der Waals surface area contributed by atoms with Gasteiger partial charge in [-0.2, -0.15) is 0 Å². The molecule has 0 atom stereocenters. The van der Waals surface area contributed by atoms with Gasteiger partial charge in [-0.1, -0.05) is 333 Å². The van der Waals surface area contributed by atoms with Crippen molar-refractivity contribution in [2.75, 3.05) is 14.7 Å². The second-order valence-corrected chi connectivity index (χ2v) is 41.2. The third kappa shape index (κ3) is 11.7. The zero-order valence-electron chi connectivity index (χ0n) is 81.2. The van der Waals surface area contributed by atoms with E-state index < -0.39 is 0 Å². The molecule has 6 aliphatic heterocycles. The number of para-hydroxylation sites is 7. The fourth-order valence-corrected chi connectivity index (χ4v) is 25.7. The summed E-state index contributed by atoms with van der Waals surface area (Å²) in [4.78, 5) is 7.22.